The first kappa shape index (κ1) is 16.4. The van der Waals surface area contributed by atoms with E-state index < -0.39 is 5.54 Å². The van der Waals surface area contributed by atoms with Crippen LogP contribution in [0.3, 0.4) is 0 Å². The molecule has 2 atom stereocenters. The molecule has 1 saturated carbocycles. The number of likely N-dealkylation sites (N-methyl/N-ethyl adjacent to an activating group) is 1. The van der Waals surface area contributed by atoms with Crippen LogP contribution in [0.1, 0.15) is 52.9 Å². The molecule has 0 aromatic heterocycles. The Bertz CT molecular complexity index is 283. The van der Waals surface area contributed by atoms with Crippen molar-refractivity contribution in [3.8, 4) is 0 Å². The standard InChI is InChI=1S/C15H31N3O/c1-4-11-18(6-3)12-9-13-8-7-10-15(13,14(16)19)17-5-2/h13,17H,4-12H2,1-3H3,(H2,16,19). The Morgan fingerprint density at radius 3 is 2.63 bits per heavy atom. The van der Waals surface area contributed by atoms with Crippen LogP contribution in [0.15, 0.2) is 0 Å². The van der Waals surface area contributed by atoms with Crippen LogP contribution in [0.2, 0.25) is 0 Å². The molecule has 0 radical (unpaired) electrons. The molecule has 0 heterocycles. The molecular formula is C15H31N3O. The van der Waals surface area contributed by atoms with Crippen molar-refractivity contribution in [1.29, 1.82) is 0 Å². The van der Waals surface area contributed by atoms with E-state index in [0.717, 1.165) is 51.9 Å². The van der Waals surface area contributed by atoms with Gasteiger partial charge in [-0.2, -0.15) is 0 Å². The molecule has 3 N–H and O–H groups in total. The van der Waals surface area contributed by atoms with Crippen molar-refractivity contribution in [3.05, 3.63) is 0 Å². The number of hydrogen-bond acceptors (Lipinski definition) is 3. The average molecular weight is 269 g/mol. The number of rotatable bonds is 9. The van der Waals surface area contributed by atoms with Gasteiger partial charge in [0.15, 0.2) is 0 Å². The second-order valence-corrected chi connectivity index (χ2v) is 5.68. The summed E-state index contributed by atoms with van der Waals surface area (Å²) in [5.41, 5.74) is 5.25. The van der Waals surface area contributed by atoms with E-state index in [2.05, 4.69) is 31.0 Å². The summed E-state index contributed by atoms with van der Waals surface area (Å²) in [5, 5.41) is 3.39. The molecule has 1 rings (SSSR count). The summed E-state index contributed by atoms with van der Waals surface area (Å²) in [6.45, 7) is 10.6. The second-order valence-electron chi connectivity index (χ2n) is 5.68. The number of hydrogen-bond donors (Lipinski definition) is 2. The Morgan fingerprint density at radius 1 is 1.37 bits per heavy atom. The topological polar surface area (TPSA) is 58.4 Å². The van der Waals surface area contributed by atoms with E-state index in [4.69, 9.17) is 5.73 Å². The molecule has 112 valence electrons. The quantitative estimate of drug-likeness (QED) is 0.670. The maximum Gasteiger partial charge on any atom is 0.238 e. The highest BCUT2D eigenvalue weighted by Gasteiger charge is 2.46. The highest BCUT2D eigenvalue weighted by molar-refractivity contribution is 5.85. The fourth-order valence-electron chi connectivity index (χ4n) is 3.51. The summed E-state index contributed by atoms with van der Waals surface area (Å²) in [6, 6.07) is 0. The Hall–Kier alpha value is -0.610. The third-order valence-electron chi connectivity index (χ3n) is 4.53. The number of carbonyl (C=O) groups is 1. The van der Waals surface area contributed by atoms with E-state index in [0.29, 0.717) is 5.92 Å². The molecule has 1 aliphatic carbocycles. The smallest absolute Gasteiger partial charge is 0.238 e. The van der Waals surface area contributed by atoms with Crippen molar-refractivity contribution in [1.82, 2.24) is 10.2 Å². The molecule has 1 amide bonds. The molecule has 0 spiro atoms. The lowest BCUT2D eigenvalue weighted by molar-refractivity contribution is -0.126. The Kier molecular flexibility index (Phi) is 6.80. The fourth-order valence-corrected chi connectivity index (χ4v) is 3.51. The third kappa shape index (κ3) is 3.93. The van der Waals surface area contributed by atoms with Gasteiger partial charge in [0.05, 0.1) is 0 Å². The SMILES string of the molecule is CCCN(CC)CCC1CCCC1(NCC)C(N)=O. The van der Waals surface area contributed by atoms with Crippen molar-refractivity contribution < 1.29 is 4.79 Å². The molecule has 2 unspecified atom stereocenters. The Balaban J connectivity index is 2.62. The predicted molar refractivity (Wildman–Crippen MR) is 80.0 cm³/mol. The highest BCUT2D eigenvalue weighted by atomic mass is 16.1. The normalized spacial score (nSPS) is 27.1. The summed E-state index contributed by atoms with van der Waals surface area (Å²) in [6.07, 6.45) is 5.40. The Morgan fingerprint density at radius 2 is 2.11 bits per heavy atom. The van der Waals surface area contributed by atoms with E-state index in [9.17, 15) is 4.79 Å². The van der Waals surface area contributed by atoms with Gasteiger partial charge in [0.1, 0.15) is 5.54 Å². The fraction of sp³-hybridized carbons (Fsp3) is 0.933. The minimum Gasteiger partial charge on any atom is -0.368 e. The molecule has 1 aliphatic rings. The van der Waals surface area contributed by atoms with Crippen molar-refractivity contribution in [2.45, 2.75) is 58.4 Å². The molecule has 1 fully saturated rings. The first-order valence-electron chi connectivity index (χ1n) is 7.88. The lowest BCUT2D eigenvalue weighted by atomic mass is 9.83. The van der Waals surface area contributed by atoms with Crippen LogP contribution in [-0.2, 0) is 4.79 Å². The van der Waals surface area contributed by atoms with Crippen LogP contribution < -0.4 is 11.1 Å². The second kappa shape index (κ2) is 7.85. The van der Waals surface area contributed by atoms with E-state index in [-0.39, 0.29) is 5.91 Å². The molecule has 0 aliphatic heterocycles. The summed E-state index contributed by atoms with van der Waals surface area (Å²) < 4.78 is 0. The minimum absolute atomic E-state index is 0.157. The molecular weight excluding hydrogens is 238 g/mol. The zero-order chi connectivity index (χ0) is 14.3. The molecule has 19 heavy (non-hydrogen) atoms. The van der Waals surface area contributed by atoms with Crippen LogP contribution in [-0.4, -0.2) is 42.5 Å². The monoisotopic (exact) mass is 269 g/mol. The molecule has 0 bridgehead atoms. The zero-order valence-corrected chi connectivity index (χ0v) is 12.9. The van der Waals surface area contributed by atoms with E-state index in [1.165, 1.54) is 6.42 Å². The van der Waals surface area contributed by atoms with Crippen molar-refractivity contribution in [2.75, 3.05) is 26.2 Å². The van der Waals surface area contributed by atoms with Gasteiger partial charge < -0.3 is 16.0 Å². The maximum atomic E-state index is 11.9. The van der Waals surface area contributed by atoms with E-state index in [1.54, 1.807) is 0 Å². The predicted octanol–water partition coefficient (Wildman–Crippen LogP) is 1.74. The number of nitrogens with one attached hydrogen (secondary N) is 1. The van der Waals surface area contributed by atoms with Gasteiger partial charge in [-0.05, 0) is 57.8 Å². The first-order chi connectivity index (χ1) is 9.10. The van der Waals surface area contributed by atoms with Gasteiger partial charge >= 0.3 is 0 Å². The van der Waals surface area contributed by atoms with Gasteiger partial charge in [-0.1, -0.05) is 27.2 Å². The van der Waals surface area contributed by atoms with Crippen LogP contribution in [0.4, 0.5) is 0 Å². The van der Waals surface area contributed by atoms with Crippen LogP contribution in [0.5, 0.6) is 0 Å². The number of primary amides is 1. The summed E-state index contributed by atoms with van der Waals surface area (Å²) in [5.74, 6) is 0.242. The van der Waals surface area contributed by atoms with Crippen LogP contribution in [0, 0.1) is 5.92 Å². The van der Waals surface area contributed by atoms with E-state index >= 15 is 0 Å². The molecule has 0 aromatic carbocycles. The number of nitrogens with two attached hydrogens (primary N) is 1. The van der Waals surface area contributed by atoms with Gasteiger partial charge in [-0.3, -0.25) is 4.79 Å². The van der Waals surface area contributed by atoms with Crippen molar-refractivity contribution >= 4 is 5.91 Å². The number of nitrogens with zero attached hydrogens (tertiary/aromatic N) is 1. The lowest BCUT2D eigenvalue weighted by Crippen LogP contribution is -2.58. The summed E-state index contributed by atoms with van der Waals surface area (Å²) >= 11 is 0. The number of amides is 1. The van der Waals surface area contributed by atoms with Crippen LogP contribution >= 0.6 is 0 Å². The van der Waals surface area contributed by atoms with Crippen LogP contribution in [0.25, 0.3) is 0 Å². The van der Waals surface area contributed by atoms with Gasteiger partial charge in [-0.25, -0.2) is 0 Å². The highest BCUT2D eigenvalue weighted by Crippen LogP contribution is 2.37. The number of carbonyl (C=O) groups excluding carboxylic acids is 1. The average Bonchev–Trinajstić information content (AvgIpc) is 2.79. The van der Waals surface area contributed by atoms with Gasteiger partial charge in [0.25, 0.3) is 0 Å². The largest absolute Gasteiger partial charge is 0.368 e. The minimum atomic E-state index is -0.444. The molecule has 4 nitrogen and oxygen atoms in total. The Labute approximate surface area is 118 Å². The maximum absolute atomic E-state index is 11.9. The van der Waals surface area contributed by atoms with Gasteiger partial charge in [0.2, 0.25) is 5.91 Å². The summed E-state index contributed by atoms with van der Waals surface area (Å²) in [7, 11) is 0. The molecule has 4 heteroatoms. The zero-order valence-electron chi connectivity index (χ0n) is 12.9. The van der Waals surface area contributed by atoms with Crippen molar-refractivity contribution in [3.63, 3.8) is 0 Å². The lowest BCUT2D eigenvalue weighted by Gasteiger charge is -2.34. The van der Waals surface area contributed by atoms with Crippen molar-refractivity contribution in [2.24, 2.45) is 11.7 Å². The first-order valence-corrected chi connectivity index (χ1v) is 7.88. The van der Waals surface area contributed by atoms with Gasteiger partial charge in [-0.15, -0.1) is 0 Å². The molecule has 0 saturated heterocycles. The van der Waals surface area contributed by atoms with E-state index in [1.807, 2.05) is 0 Å². The summed E-state index contributed by atoms with van der Waals surface area (Å²) in [4.78, 5) is 14.4. The molecule has 0 aromatic rings. The third-order valence-corrected chi connectivity index (χ3v) is 4.53. The van der Waals surface area contributed by atoms with Gasteiger partial charge in [0, 0.05) is 0 Å².